The molecule has 0 spiro atoms. The molecule has 4 heteroatoms. The summed E-state index contributed by atoms with van der Waals surface area (Å²) < 4.78 is 13.4. The normalized spacial score (nSPS) is 18.6. The van der Waals surface area contributed by atoms with Gasteiger partial charge in [0.1, 0.15) is 5.82 Å². The van der Waals surface area contributed by atoms with Crippen molar-refractivity contribution in [3.05, 3.63) is 30.1 Å². The monoisotopic (exact) mass is 223 g/mol. The van der Waals surface area contributed by atoms with Gasteiger partial charge in [-0.25, -0.2) is 9.40 Å². The Labute approximate surface area is 95.8 Å². The van der Waals surface area contributed by atoms with Crippen LogP contribution in [0.5, 0.6) is 0 Å². The van der Waals surface area contributed by atoms with Crippen LogP contribution >= 0.6 is 0 Å². The van der Waals surface area contributed by atoms with Crippen LogP contribution in [0.1, 0.15) is 6.92 Å². The van der Waals surface area contributed by atoms with Crippen LogP contribution in [0.15, 0.2) is 24.3 Å². The quantitative estimate of drug-likeness (QED) is 0.843. The molecule has 1 heterocycles. The van der Waals surface area contributed by atoms with E-state index in [1.54, 1.807) is 12.1 Å². The Kier molecular flexibility index (Phi) is 3.74. The highest BCUT2D eigenvalue weighted by Gasteiger charge is 2.15. The zero-order valence-corrected chi connectivity index (χ0v) is 9.62. The van der Waals surface area contributed by atoms with E-state index in [2.05, 4.69) is 22.3 Å². The second kappa shape index (κ2) is 5.27. The fraction of sp³-hybridized carbons (Fsp3) is 0.500. The molecule has 0 aliphatic carbocycles. The van der Waals surface area contributed by atoms with E-state index in [1.807, 2.05) is 6.07 Å². The molecule has 16 heavy (non-hydrogen) atoms. The van der Waals surface area contributed by atoms with Gasteiger partial charge in [-0.05, 0) is 18.7 Å². The minimum Gasteiger partial charge on any atom is -0.316 e. The van der Waals surface area contributed by atoms with Crippen LogP contribution in [0.4, 0.5) is 10.1 Å². The third kappa shape index (κ3) is 2.71. The van der Waals surface area contributed by atoms with Gasteiger partial charge in [0.15, 0.2) is 0 Å². The zero-order chi connectivity index (χ0) is 11.4. The largest absolute Gasteiger partial charge is 0.316 e. The van der Waals surface area contributed by atoms with Crippen molar-refractivity contribution < 1.29 is 4.39 Å². The van der Waals surface area contributed by atoms with Crippen LogP contribution < -0.4 is 5.43 Å². The number of halogens is 1. The van der Waals surface area contributed by atoms with Gasteiger partial charge in [-0.3, -0.25) is 0 Å². The lowest BCUT2D eigenvalue weighted by Gasteiger charge is -2.34. The summed E-state index contributed by atoms with van der Waals surface area (Å²) in [6, 6.07) is 6.79. The smallest absolute Gasteiger partial charge is 0.147 e. The van der Waals surface area contributed by atoms with Crippen molar-refractivity contribution in [2.24, 2.45) is 0 Å². The first-order valence-corrected chi connectivity index (χ1v) is 5.78. The zero-order valence-electron chi connectivity index (χ0n) is 9.62. The number of piperazine rings is 1. The highest BCUT2D eigenvalue weighted by Crippen LogP contribution is 2.14. The number of benzene rings is 1. The van der Waals surface area contributed by atoms with E-state index in [1.165, 1.54) is 6.07 Å². The lowest BCUT2D eigenvalue weighted by molar-refractivity contribution is 0.158. The number of rotatable bonds is 3. The van der Waals surface area contributed by atoms with Crippen molar-refractivity contribution in [3.63, 3.8) is 0 Å². The van der Waals surface area contributed by atoms with E-state index in [0.717, 1.165) is 32.7 Å². The Balaban J connectivity index is 1.89. The number of para-hydroxylation sites is 1. The third-order valence-electron chi connectivity index (χ3n) is 2.97. The highest BCUT2D eigenvalue weighted by atomic mass is 19.1. The van der Waals surface area contributed by atoms with Gasteiger partial charge in [0.25, 0.3) is 0 Å². The summed E-state index contributed by atoms with van der Waals surface area (Å²) in [6.07, 6.45) is 0. The van der Waals surface area contributed by atoms with Crippen LogP contribution in [0.2, 0.25) is 0 Å². The van der Waals surface area contributed by atoms with Gasteiger partial charge >= 0.3 is 0 Å². The molecule has 3 nitrogen and oxygen atoms in total. The van der Waals surface area contributed by atoms with Crippen molar-refractivity contribution >= 4 is 5.69 Å². The molecule has 1 aromatic carbocycles. The molecule has 0 unspecified atom stereocenters. The maximum Gasteiger partial charge on any atom is 0.147 e. The third-order valence-corrected chi connectivity index (χ3v) is 2.97. The number of nitrogens with one attached hydrogen (secondary N) is 1. The van der Waals surface area contributed by atoms with Crippen LogP contribution in [0.25, 0.3) is 0 Å². The lowest BCUT2D eigenvalue weighted by atomic mass is 10.3. The number of nitrogens with zero attached hydrogens (tertiary/aromatic N) is 2. The first-order valence-electron chi connectivity index (χ1n) is 5.78. The second-order valence-corrected chi connectivity index (χ2v) is 4.01. The SMILES string of the molecule is CCN1CCN(Nc2ccccc2F)CC1. The predicted octanol–water partition coefficient (Wildman–Crippen LogP) is 1.79. The Morgan fingerprint density at radius 3 is 2.50 bits per heavy atom. The maximum absolute atomic E-state index is 13.4. The molecule has 1 N–H and O–H groups in total. The van der Waals surface area contributed by atoms with E-state index < -0.39 is 0 Å². The molecule has 0 atom stereocenters. The topological polar surface area (TPSA) is 18.5 Å². The van der Waals surface area contributed by atoms with E-state index in [-0.39, 0.29) is 5.82 Å². The van der Waals surface area contributed by atoms with Gasteiger partial charge < -0.3 is 10.3 Å². The molecule has 0 amide bonds. The van der Waals surface area contributed by atoms with Gasteiger partial charge in [0.2, 0.25) is 0 Å². The van der Waals surface area contributed by atoms with E-state index in [4.69, 9.17) is 0 Å². The van der Waals surface area contributed by atoms with Gasteiger partial charge in [-0.15, -0.1) is 0 Å². The lowest BCUT2D eigenvalue weighted by Crippen LogP contribution is -2.48. The maximum atomic E-state index is 13.4. The van der Waals surface area contributed by atoms with Gasteiger partial charge in [-0.2, -0.15) is 0 Å². The molecule has 0 bridgehead atoms. The summed E-state index contributed by atoms with van der Waals surface area (Å²) in [5, 5.41) is 2.07. The van der Waals surface area contributed by atoms with Crippen LogP contribution in [-0.2, 0) is 0 Å². The van der Waals surface area contributed by atoms with Gasteiger partial charge in [0, 0.05) is 26.2 Å². The van der Waals surface area contributed by atoms with E-state index >= 15 is 0 Å². The van der Waals surface area contributed by atoms with Gasteiger partial charge in [-0.1, -0.05) is 19.1 Å². The molecule has 1 aromatic rings. The van der Waals surface area contributed by atoms with Crippen molar-refractivity contribution in [3.8, 4) is 0 Å². The van der Waals surface area contributed by atoms with Crippen LogP contribution in [0, 0.1) is 5.82 Å². The molecule has 0 saturated carbocycles. The number of anilines is 1. The van der Waals surface area contributed by atoms with Gasteiger partial charge in [0.05, 0.1) is 5.69 Å². The van der Waals surface area contributed by atoms with Crippen LogP contribution in [0.3, 0.4) is 0 Å². The molecule has 1 saturated heterocycles. The summed E-state index contributed by atoms with van der Waals surface area (Å²) in [6.45, 7) is 7.20. The Morgan fingerprint density at radius 2 is 1.88 bits per heavy atom. The minimum absolute atomic E-state index is 0.194. The predicted molar refractivity (Wildman–Crippen MR) is 63.7 cm³/mol. The Morgan fingerprint density at radius 1 is 1.19 bits per heavy atom. The van der Waals surface area contributed by atoms with Crippen LogP contribution in [-0.4, -0.2) is 42.6 Å². The fourth-order valence-electron chi connectivity index (χ4n) is 1.90. The molecular weight excluding hydrogens is 205 g/mol. The summed E-state index contributed by atoms with van der Waals surface area (Å²) in [7, 11) is 0. The standard InChI is InChI=1S/C12H18FN3/c1-2-15-7-9-16(10-8-15)14-12-6-4-3-5-11(12)13/h3-6,14H,2,7-10H2,1H3. The highest BCUT2D eigenvalue weighted by molar-refractivity contribution is 5.43. The first kappa shape index (κ1) is 11.4. The number of hydrazine groups is 1. The number of hydrogen-bond acceptors (Lipinski definition) is 3. The van der Waals surface area contributed by atoms with Crippen molar-refractivity contribution in [1.29, 1.82) is 0 Å². The molecular formula is C12H18FN3. The van der Waals surface area contributed by atoms with Crippen molar-refractivity contribution in [2.45, 2.75) is 6.92 Å². The average molecular weight is 223 g/mol. The molecule has 0 aromatic heterocycles. The summed E-state index contributed by atoms with van der Waals surface area (Å²) in [5.41, 5.74) is 3.69. The molecule has 0 radical (unpaired) electrons. The minimum atomic E-state index is -0.194. The molecule has 1 aliphatic rings. The Hall–Kier alpha value is -1.13. The first-order chi connectivity index (χ1) is 7.79. The summed E-state index contributed by atoms with van der Waals surface area (Å²) in [5.74, 6) is -0.194. The summed E-state index contributed by atoms with van der Waals surface area (Å²) >= 11 is 0. The second-order valence-electron chi connectivity index (χ2n) is 4.01. The molecule has 88 valence electrons. The van der Waals surface area contributed by atoms with Crippen molar-refractivity contribution in [2.75, 3.05) is 38.1 Å². The molecule has 1 aliphatic heterocycles. The molecule has 1 fully saturated rings. The Bertz CT molecular complexity index is 335. The number of likely N-dealkylation sites (N-methyl/N-ethyl adjacent to an activating group) is 1. The number of hydrogen-bond donors (Lipinski definition) is 1. The van der Waals surface area contributed by atoms with Crippen molar-refractivity contribution in [1.82, 2.24) is 9.91 Å². The summed E-state index contributed by atoms with van der Waals surface area (Å²) in [4.78, 5) is 2.39. The van der Waals surface area contributed by atoms with E-state index in [9.17, 15) is 4.39 Å². The van der Waals surface area contributed by atoms with E-state index in [0.29, 0.717) is 5.69 Å². The molecule has 2 rings (SSSR count). The fourth-order valence-corrected chi connectivity index (χ4v) is 1.90. The average Bonchev–Trinajstić information content (AvgIpc) is 2.33.